The standard InChI is InChI=1S/C24H33N5O2.HI/c1-19-18-20(2)29(28-19)16-5-13-25-24(27-15-12-23-6-4-17-31-23)26-14-11-21-7-9-22(30-3)10-8-21;/h4,6-10,17-18H,5,11-16H2,1-3H3,(H2,25,26,27);1H. The fourth-order valence-corrected chi connectivity index (χ4v) is 3.36. The van der Waals surface area contributed by atoms with E-state index in [4.69, 9.17) is 14.1 Å². The Balaban J connectivity index is 0.00000363. The number of rotatable bonds is 11. The molecule has 8 heteroatoms. The molecule has 2 aromatic heterocycles. The summed E-state index contributed by atoms with van der Waals surface area (Å²) in [6, 6.07) is 14.2. The quantitative estimate of drug-likeness (QED) is 0.162. The van der Waals surface area contributed by atoms with Crippen LogP contribution in [0.25, 0.3) is 0 Å². The molecular weight excluding hydrogens is 517 g/mol. The van der Waals surface area contributed by atoms with Crippen LogP contribution in [0.3, 0.4) is 0 Å². The molecule has 0 saturated heterocycles. The Hall–Kier alpha value is -2.49. The molecule has 7 nitrogen and oxygen atoms in total. The van der Waals surface area contributed by atoms with E-state index in [0.29, 0.717) is 0 Å². The molecule has 0 fully saturated rings. The first kappa shape index (κ1) is 25.8. The van der Waals surface area contributed by atoms with Crippen LogP contribution in [0.5, 0.6) is 5.75 Å². The molecule has 3 aromatic rings. The van der Waals surface area contributed by atoms with E-state index < -0.39 is 0 Å². The Kier molecular flexibility index (Phi) is 11.1. The van der Waals surface area contributed by atoms with Gasteiger partial charge in [0.1, 0.15) is 11.5 Å². The van der Waals surface area contributed by atoms with Gasteiger partial charge < -0.3 is 19.8 Å². The average molecular weight is 551 g/mol. The van der Waals surface area contributed by atoms with E-state index in [-0.39, 0.29) is 24.0 Å². The lowest BCUT2D eigenvalue weighted by atomic mass is 10.1. The van der Waals surface area contributed by atoms with Crippen LogP contribution in [-0.2, 0) is 19.4 Å². The average Bonchev–Trinajstić information content (AvgIpc) is 3.40. The van der Waals surface area contributed by atoms with Gasteiger partial charge >= 0.3 is 0 Å². The number of aromatic nitrogens is 2. The minimum Gasteiger partial charge on any atom is -0.497 e. The van der Waals surface area contributed by atoms with Crippen molar-refractivity contribution in [1.82, 2.24) is 20.4 Å². The first-order valence-electron chi connectivity index (χ1n) is 10.8. The van der Waals surface area contributed by atoms with Gasteiger partial charge in [0.2, 0.25) is 0 Å². The van der Waals surface area contributed by atoms with Gasteiger partial charge in [0.25, 0.3) is 0 Å². The van der Waals surface area contributed by atoms with Crippen LogP contribution in [0.15, 0.2) is 58.1 Å². The van der Waals surface area contributed by atoms with Crippen LogP contribution in [0.2, 0.25) is 0 Å². The number of guanidine groups is 1. The summed E-state index contributed by atoms with van der Waals surface area (Å²) < 4.78 is 12.7. The van der Waals surface area contributed by atoms with Gasteiger partial charge in [-0.15, -0.1) is 24.0 Å². The van der Waals surface area contributed by atoms with Gasteiger partial charge in [-0.3, -0.25) is 9.67 Å². The van der Waals surface area contributed by atoms with E-state index in [0.717, 1.165) is 68.6 Å². The number of methoxy groups -OCH3 is 1. The monoisotopic (exact) mass is 551 g/mol. The Bertz CT molecular complexity index is 936. The highest BCUT2D eigenvalue weighted by molar-refractivity contribution is 14.0. The summed E-state index contributed by atoms with van der Waals surface area (Å²) in [6.45, 7) is 7.28. The van der Waals surface area contributed by atoms with Crippen LogP contribution < -0.4 is 15.4 Å². The second kappa shape index (κ2) is 13.8. The maximum Gasteiger partial charge on any atom is 0.191 e. The van der Waals surface area contributed by atoms with Crippen LogP contribution in [0, 0.1) is 13.8 Å². The van der Waals surface area contributed by atoms with E-state index in [1.165, 1.54) is 11.3 Å². The van der Waals surface area contributed by atoms with Crippen LogP contribution in [0.1, 0.15) is 29.1 Å². The SMILES string of the molecule is COc1ccc(CCNC(=NCCCn2nc(C)cc2C)NCCc2ccco2)cc1.I. The van der Waals surface area contributed by atoms with Crippen molar-refractivity contribution < 1.29 is 9.15 Å². The van der Waals surface area contributed by atoms with Crippen molar-refractivity contribution in [2.24, 2.45) is 4.99 Å². The van der Waals surface area contributed by atoms with Crippen molar-refractivity contribution in [2.75, 3.05) is 26.7 Å². The molecule has 0 aliphatic heterocycles. The van der Waals surface area contributed by atoms with Crippen LogP contribution in [0.4, 0.5) is 0 Å². The fourth-order valence-electron chi connectivity index (χ4n) is 3.36. The normalized spacial score (nSPS) is 11.2. The lowest BCUT2D eigenvalue weighted by Crippen LogP contribution is -2.39. The second-order valence-electron chi connectivity index (χ2n) is 7.52. The molecule has 0 bridgehead atoms. The van der Waals surface area contributed by atoms with Gasteiger partial charge in [-0.05, 0) is 62.6 Å². The first-order chi connectivity index (χ1) is 15.1. The number of nitrogens with zero attached hydrogens (tertiary/aromatic N) is 3. The topological polar surface area (TPSA) is 76.6 Å². The third-order valence-electron chi connectivity index (χ3n) is 5.01. The Labute approximate surface area is 207 Å². The molecule has 1 aromatic carbocycles. The minimum absolute atomic E-state index is 0. The zero-order valence-electron chi connectivity index (χ0n) is 19.1. The van der Waals surface area contributed by atoms with Crippen molar-refractivity contribution in [3.8, 4) is 5.75 Å². The second-order valence-corrected chi connectivity index (χ2v) is 7.52. The molecule has 0 spiro atoms. The molecule has 0 unspecified atom stereocenters. The maximum atomic E-state index is 5.41. The molecule has 2 heterocycles. The summed E-state index contributed by atoms with van der Waals surface area (Å²) in [6.07, 6.45) is 4.37. The lowest BCUT2D eigenvalue weighted by molar-refractivity contribution is 0.414. The Morgan fingerprint density at radius 1 is 1.09 bits per heavy atom. The summed E-state index contributed by atoms with van der Waals surface area (Å²) in [5.41, 5.74) is 3.50. The molecule has 0 saturated carbocycles. The molecule has 174 valence electrons. The number of furan rings is 1. The number of hydrogen-bond acceptors (Lipinski definition) is 4. The highest BCUT2D eigenvalue weighted by Crippen LogP contribution is 2.11. The smallest absolute Gasteiger partial charge is 0.191 e. The van der Waals surface area contributed by atoms with Crippen molar-refractivity contribution in [3.05, 3.63) is 71.4 Å². The molecule has 0 aliphatic rings. The van der Waals surface area contributed by atoms with Crippen molar-refractivity contribution in [2.45, 2.75) is 39.7 Å². The number of hydrogen-bond donors (Lipinski definition) is 2. The number of nitrogens with one attached hydrogen (secondary N) is 2. The minimum atomic E-state index is 0. The molecule has 0 atom stereocenters. The number of benzene rings is 1. The van der Waals surface area contributed by atoms with E-state index >= 15 is 0 Å². The Morgan fingerprint density at radius 2 is 1.84 bits per heavy atom. The van der Waals surface area contributed by atoms with Crippen LogP contribution >= 0.6 is 24.0 Å². The zero-order valence-corrected chi connectivity index (χ0v) is 21.5. The maximum absolute atomic E-state index is 5.41. The summed E-state index contributed by atoms with van der Waals surface area (Å²) in [7, 11) is 1.68. The first-order valence-corrected chi connectivity index (χ1v) is 10.8. The lowest BCUT2D eigenvalue weighted by Gasteiger charge is -2.13. The number of ether oxygens (including phenoxy) is 1. The molecule has 2 N–H and O–H groups in total. The van der Waals surface area contributed by atoms with Gasteiger partial charge in [-0.2, -0.15) is 5.10 Å². The fraction of sp³-hybridized carbons (Fsp3) is 0.417. The molecule has 0 aliphatic carbocycles. The van der Waals surface area contributed by atoms with Gasteiger partial charge in [0.15, 0.2) is 5.96 Å². The largest absolute Gasteiger partial charge is 0.497 e. The highest BCUT2D eigenvalue weighted by Gasteiger charge is 2.03. The molecule has 3 rings (SSSR count). The third kappa shape index (κ3) is 8.57. The molecule has 0 radical (unpaired) electrons. The molecular formula is C24H34IN5O2. The predicted octanol–water partition coefficient (Wildman–Crippen LogP) is 4.13. The summed E-state index contributed by atoms with van der Waals surface area (Å²) in [4.78, 5) is 4.76. The predicted molar refractivity (Wildman–Crippen MR) is 139 cm³/mol. The zero-order chi connectivity index (χ0) is 21.9. The summed E-state index contributed by atoms with van der Waals surface area (Å²) in [5.74, 6) is 2.67. The van der Waals surface area contributed by atoms with E-state index in [9.17, 15) is 0 Å². The summed E-state index contributed by atoms with van der Waals surface area (Å²) in [5, 5.41) is 11.4. The van der Waals surface area contributed by atoms with Gasteiger partial charge in [-0.25, -0.2) is 0 Å². The van der Waals surface area contributed by atoms with Crippen molar-refractivity contribution in [3.63, 3.8) is 0 Å². The van der Waals surface area contributed by atoms with Gasteiger partial charge in [0, 0.05) is 38.3 Å². The summed E-state index contributed by atoms with van der Waals surface area (Å²) >= 11 is 0. The van der Waals surface area contributed by atoms with E-state index in [1.54, 1.807) is 13.4 Å². The number of aryl methyl sites for hydroxylation is 3. The number of aliphatic imine (C=N–C) groups is 1. The van der Waals surface area contributed by atoms with Crippen molar-refractivity contribution in [1.29, 1.82) is 0 Å². The highest BCUT2D eigenvalue weighted by atomic mass is 127. The molecule has 0 amide bonds. The Morgan fingerprint density at radius 3 is 2.47 bits per heavy atom. The third-order valence-corrected chi connectivity index (χ3v) is 5.01. The van der Waals surface area contributed by atoms with E-state index in [2.05, 4.69) is 40.9 Å². The molecule has 32 heavy (non-hydrogen) atoms. The van der Waals surface area contributed by atoms with E-state index in [1.807, 2.05) is 35.9 Å². The van der Waals surface area contributed by atoms with Crippen LogP contribution in [-0.4, -0.2) is 42.5 Å². The van der Waals surface area contributed by atoms with Gasteiger partial charge in [-0.1, -0.05) is 12.1 Å². The number of halogens is 1. The van der Waals surface area contributed by atoms with Gasteiger partial charge in [0.05, 0.1) is 19.1 Å². The van der Waals surface area contributed by atoms with Crippen molar-refractivity contribution >= 4 is 29.9 Å².